The number of carbonyl (C=O) groups is 1. The molecule has 6 nitrogen and oxygen atoms in total. The number of rotatable bonds is 6. The largest absolute Gasteiger partial charge is 0.497 e. The van der Waals surface area contributed by atoms with Crippen LogP contribution >= 0.6 is 23.2 Å². The minimum Gasteiger partial charge on any atom is -0.497 e. The van der Waals surface area contributed by atoms with E-state index in [-0.39, 0.29) is 34.8 Å². The third kappa shape index (κ3) is 5.22. The zero-order valence-electron chi connectivity index (χ0n) is 15.9. The first-order valence-electron chi connectivity index (χ1n) is 9.17. The summed E-state index contributed by atoms with van der Waals surface area (Å²) in [6.45, 7) is 0.928. The predicted octanol–water partition coefficient (Wildman–Crippen LogP) is 3.72. The van der Waals surface area contributed by atoms with Crippen LogP contribution in [0.2, 0.25) is 10.0 Å². The molecule has 2 aromatic carbocycles. The van der Waals surface area contributed by atoms with Crippen LogP contribution in [0.15, 0.2) is 47.4 Å². The number of nitrogens with one attached hydrogen (secondary N) is 1. The lowest BCUT2D eigenvalue weighted by Crippen LogP contribution is -2.42. The molecule has 0 aromatic heterocycles. The van der Waals surface area contributed by atoms with Crippen molar-refractivity contribution in [3.8, 4) is 5.75 Å². The van der Waals surface area contributed by atoms with Gasteiger partial charge in [0, 0.05) is 30.6 Å². The van der Waals surface area contributed by atoms with E-state index in [4.69, 9.17) is 27.9 Å². The van der Waals surface area contributed by atoms with Gasteiger partial charge in [-0.25, -0.2) is 8.42 Å². The van der Waals surface area contributed by atoms with Crippen molar-refractivity contribution in [1.29, 1.82) is 0 Å². The summed E-state index contributed by atoms with van der Waals surface area (Å²) in [6, 6.07) is 11.8. The Hall–Kier alpha value is -1.80. The molecule has 3 rings (SSSR count). The van der Waals surface area contributed by atoms with Crippen LogP contribution in [-0.2, 0) is 21.4 Å². The third-order valence-electron chi connectivity index (χ3n) is 4.96. The van der Waals surface area contributed by atoms with E-state index < -0.39 is 10.0 Å². The molecule has 1 N–H and O–H groups in total. The van der Waals surface area contributed by atoms with Gasteiger partial charge in [0.25, 0.3) is 0 Å². The van der Waals surface area contributed by atoms with Crippen LogP contribution in [0.5, 0.6) is 5.75 Å². The first-order chi connectivity index (χ1) is 13.8. The van der Waals surface area contributed by atoms with Gasteiger partial charge in [-0.2, -0.15) is 4.31 Å². The summed E-state index contributed by atoms with van der Waals surface area (Å²) >= 11 is 12.0. The van der Waals surface area contributed by atoms with Crippen molar-refractivity contribution in [3.63, 3.8) is 0 Å². The summed E-state index contributed by atoms with van der Waals surface area (Å²) in [7, 11) is -2.15. The number of benzene rings is 2. The Morgan fingerprint density at radius 1 is 1.14 bits per heavy atom. The van der Waals surface area contributed by atoms with Crippen LogP contribution in [-0.4, -0.2) is 38.8 Å². The SMILES string of the molecule is COc1ccc(CNC(=O)C2CCN(S(=O)(=O)c3cc(Cl)ccc3Cl)CC2)cc1. The highest BCUT2D eigenvalue weighted by Gasteiger charge is 2.33. The molecule has 156 valence electrons. The average molecular weight is 457 g/mol. The van der Waals surface area contributed by atoms with E-state index in [1.807, 2.05) is 24.3 Å². The second-order valence-electron chi connectivity index (χ2n) is 6.82. The molecule has 1 aliphatic heterocycles. The maximum atomic E-state index is 12.9. The summed E-state index contributed by atoms with van der Waals surface area (Å²) < 4.78 is 32.2. The van der Waals surface area contributed by atoms with Gasteiger partial charge in [0.05, 0.1) is 12.1 Å². The molecule has 2 aromatic rings. The topological polar surface area (TPSA) is 75.7 Å². The van der Waals surface area contributed by atoms with Crippen molar-refractivity contribution >= 4 is 39.1 Å². The van der Waals surface area contributed by atoms with E-state index in [9.17, 15) is 13.2 Å². The Labute approximate surface area is 180 Å². The number of piperidine rings is 1. The van der Waals surface area contributed by atoms with Crippen LogP contribution < -0.4 is 10.1 Å². The lowest BCUT2D eigenvalue weighted by atomic mass is 9.97. The maximum Gasteiger partial charge on any atom is 0.244 e. The number of carbonyl (C=O) groups excluding carboxylic acids is 1. The molecule has 0 saturated carbocycles. The molecule has 0 atom stereocenters. The first-order valence-corrected chi connectivity index (χ1v) is 11.4. The standard InChI is InChI=1S/C20H22Cl2N2O4S/c1-28-17-5-2-14(3-6-17)13-23-20(25)15-8-10-24(11-9-15)29(26,27)19-12-16(21)4-7-18(19)22/h2-7,12,15H,8-11,13H2,1H3,(H,23,25). The van der Waals surface area contributed by atoms with E-state index >= 15 is 0 Å². The van der Waals surface area contributed by atoms with Crippen molar-refractivity contribution in [2.45, 2.75) is 24.3 Å². The lowest BCUT2D eigenvalue weighted by molar-refractivity contribution is -0.126. The normalized spacial score (nSPS) is 15.8. The predicted molar refractivity (Wildman–Crippen MR) is 113 cm³/mol. The van der Waals surface area contributed by atoms with E-state index in [0.29, 0.717) is 24.4 Å². The number of halogens is 2. The van der Waals surface area contributed by atoms with Crippen molar-refractivity contribution in [3.05, 3.63) is 58.1 Å². The molecule has 0 spiro atoms. The average Bonchev–Trinajstić information content (AvgIpc) is 2.74. The van der Waals surface area contributed by atoms with Gasteiger partial charge in [0.2, 0.25) is 15.9 Å². The van der Waals surface area contributed by atoms with Crippen molar-refractivity contribution in [2.75, 3.05) is 20.2 Å². The summed E-state index contributed by atoms with van der Waals surface area (Å²) in [5.41, 5.74) is 0.967. The van der Waals surface area contributed by atoms with Crippen LogP contribution in [0.1, 0.15) is 18.4 Å². The highest BCUT2D eigenvalue weighted by molar-refractivity contribution is 7.89. The molecule has 9 heteroatoms. The monoisotopic (exact) mass is 456 g/mol. The van der Waals surface area contributed by atoms with E-state index in [1.165, 1.54) is 16.4 Å². The van der Waals surface area contributed by atoms with Gasteiger partial charge in [-0.05, 0) is 48.7 Å². The molecule has 1 saturated heterocycles. The van der Waals surface area contributed by atoms with Gasteiger partial charge in [0.1, 0.15) is 10.6 Å². The van der Waals surface area contributed by atoms with E-state index in [0.717, 1.165) is 11.3 Å². The Morgan fingerprint density at radius 3 is 2.41 bits per heavy atom. The number of ether oxygens (including phenoxy) is 1. The number of hydrogen-bond donors (Lipinski definition) is 1. The summed E-state index contributed by atoms with van der Waals surface area (Å²) in [6.07, 6.45) is 0.901. The first kappa shape index (κ1) is 21.9. The maximum absolute atomic E-state index is 12.9. The highest BCUT2D eigenvalue weighted by atomic mass is 35.5. The molecule has 0 radical (unpaired) electrons. The smallest absolute Gasteiger partial charge is 0.244 e. The van der Waals surface area contributed by atoms with Crippen LogP contribution in [0, 0.1) is 5.92 Å². The number of methoxy groups -OCH3 is 1. The third-order valence-corrected chi connectivity index (χ3v) is 7.58. The van der Waals surface area contributed by atoms with Gasteiger partial charge < -0.3 is 10.1 Å². The fourth-order valence-electron chi connectivity index (χ4n) is 3.25. The number of sulfonamides is 1. The van der Waals surface area contributed by atoms with Crippen molar-refractivity contribution in [1.82, 2.24) is 9.62 Å². The Balaban J connectivity index is 1.56. The van der Waals surface area contributed by atoms with Crippen molar-refractivity contribution < 1.29 is 17.9 Å². The van der Waals surface area contributed by atoms with E-state index in [2.05, 4.69) is 5.32 Å². The zero-order valence-corrected chi connectivity index (χ0v) is 18.2. The molecule has 1 amide bonds. The molecule has 1 heterocycles. The second kappa shape index (κ2) is 9.34. The summed E-state index contributed by atoms with van der Waals surface area (Å²) in [5, 5.41) is 3.36. The van der Waals surface area contributed by atoms with Crippen LogP contribution in [0.3, 0.4) is 0 Å². The molecule has 1 aliphatic rings. The fraction of sp³-hybridized carbons (Fsp3) is 0.350. The highest BCUT2D eigenvalue weighted by Crippen LogP contribution is 2.30. The lowest BCUT2D eigenvalue weighted by Gasteiger charge is -2.30. The van der Waals surface area contributed by atoms with Gasteiger partial charge >= 0.3 is 0 Å². The summed E-state index contributed by atoms with van der Waals surface area (Å²) in [5.74, 6) is 0.460. The molecular formula is C20H22Cl2N2O4S. The Bertz CT molecular complexity index is 972. The molecule has 0 aliphatic carbocycles. The second-order valence-corrected chi connectivity index (χ2v) is 9.57. The number of nitrogens with zero attached hydrogens (tertiary/aromatic N) is 1. The Morgan fingerprint density at radius 2 is 1.79 bits per heavy atom. The molecule has 29 heavy (non-hydrogen) atoms. The van der Waals surface area contributed by atoms with Gasteiger partial charge in [-0.15, -0.1) is 0 Å². The Kier molecular flexibility index (Phi) is 7.05. The molecule has 1 fully saturated rings. The van der Waals surface area contributed by atoms with Gasteiger partial charge in [-0.3, -0.25) is 4.79 Å². The molecule has 0 unspecified atom stereocenters. The minimum absolute atomic E-state index is 0.00549. The fourth-order valence-corrected chi connectivity index (χ4v) is 5.46. The number of amides is 1. The number of hydrogen-bond acceptors (Lipinski definition) is 4. The molecule has 0 bridgehead atoms. The molecular weight excluding hydrogens is 435 g/mol. The summed E-state index contributed by atoms with van der Waals surface area (Å²) in [4.78, 5) is 12.5. The van der Waals surface area contributed by atoms with Gasteiger partial charge in [-0.1, -0.05) is 35.3 Å². The van der Waals surface area contributed by atoms with Gasteiger partial charge in [0.15, 0.2) is 0 Å². The minimum atomic E-state index is -3.75. The van der Waals surface area contributed by atoms with E-state index in [1.54, 1.807) is 13.2 Å². The zero-order chi connectivity index (χ0) is 21.0. The van der Waals surface area contributed by atoms with Crippen LogP contribution in [0.4, 0.5) is 0 Å². The van der Waals surface area contributed by atoms with Crippen molar-refractivity contribution in [2.24, 2.45) is 5.92 Å². The van der Waals surface area contributed by atoms with Crippen LogP contribution in [0.25, 0.3) is 0 Å². The quantitative estimate of drug-likeness (QED) is 0.718.